The molecular weight excluding hydrogens is 421 g/mol. The second-order valence-electron chi connectivity index (χ2n) is 9.09. The van der Waals surface area contributed by atoms with Crippen LogP contribution in [0.3, 0.4) is 0 Å². The van der Waals surface area contributed by atoms with Crippen molar-refractivity contribution >= 4 is 21.6 Å². The number of hydrogen-bond acceptors (Lipinski definition) is 5. The van der Waals surface area contributed by atoms with E-state index in [2.05, 4.69) is 10.0 Å². The van der Waals surface area contributed by atoms with Gasteiger partial charge in [0.15, 0.2) is 9.92 Å². The Bertz CT molecular complexity index is 1130. The van der Waals surface area contributed by atoms with Gasteiger partial charge in [0, 0.05) is 17.3 Å². The molecule has 1 aromatic heterocycles. The van der Waals surface area contributed by atoms with Crippen molar-refractivity contribution in [2.24, 2.45) is 5.92 Å². The van der Waals surface area contributed by atoms with Gasteiger partial charge in [0.2, 0.25) is 5.09 Å². The minimum atomic E-state index is -3.79. The molecule has 0 unspecified atom stereocenters. The van der Waals surface area contributed by atoms with Gasteiger partial charge in [0.25, 0.3) is 0 Å². The molecule has 2 aliphatic rings. The minimum absolute atomic E-state index is 0.0930. The standard InChI is InChI=1S/C22H28FN3O4S/c1-12(13-7-8-13)17-10-18(23)15-5-4-6-16(15)20(17)25-21(27)26-31(24,29)19-9-14(11-30-19)22(2,3)28/h9-13,28H,4-8H2,1-3H3,(H3,24,25,26,27,29)/t12-,31+/m0/s1. The van der Waals surface area contributed by atoms with Gasteiger partial charge in [-0.05, 0) is 80.5 Å². The van der Waals surface area contributed by atoms with Crippen molar-refractivity contribution < 1.29 is 22.9 Å². The normalized spacial score (nSPS) is 18.9. The fraction of sp³-hybridized carbons (Fsp3) is 0.500. The molecule has 0 spiro atoms. The quantitative estimate of drug-likeness (QED) is 0.507. The first-order valence-corrected chi connectivity index (χ1v) is 12.1. The Balaban J connectivity index is 1.60. The minimum Gasteiger partial charge on any atom is -0.452 e. The van der Waals surface area contributed by atoms with Gasteiger partial charge in [0.1, 0.15) is 5.82 Å². The Labute approximate surface area is 181 Å². The Morgan fingerprint density at radius 3 is 2.61 bits per heavy atom. The highest BCUT2D eigenvalue weighted by atomic mass is 32.2. The van der Waals surface area contributed by atoms with Crippen molar-refractivity contribution in [3.05, 3.63) is 46.5 Å². The fourth-order valence-corrected chi connectivity index (χ4v) is 5.11. The van der Waals surface area contributed by atoms with E-state index < -0.39 is 21.5 Å². The summed E-state index contributed by atoms with van der Waals surface area (Å²) in [4.78, 5) is 12.7. The largest absolute Gasteiger partial charge is 0.452 e. The van der Waals surface area contributed by atoms with Crippen LogP contribution in [0.4, 0.5) is 14.9 Å². The number of carbonyl (C=O) groups excluding carboxylic acids is 1. The number of rotatable bonds is 6. The highest BCUT2D eigenvalue weighted by molar-refractivity contribution is 7.91. The molecule has 1 heterocycles. The van der Waals surface area contributed by atoms with E-state index in [-0.39, 0.29) is 16.8 Å². The van der Waals surface area contributed by atoms with Crippen molar-refractivity contribution in [2.75, 3.05) is 5.32 Å². The van der Waals surface area contributed by atoms with E-state index in [1.165, 1.54) is 32.2 Å². The number of anilines is 1. The molecule has 0 saturated heterocycles. The van der Waals surface area contributed by atoms with E-state index in [1.54, 1.807) is 0 Å². The van der Waals surface area contributed by atoms with Crippen LogP contribution in [0.15, 0.2) is 27.9 Å². The van der Waals surface area contributed by atoms with Crippen LogP contribution in [-0.4, -0.2) is 15.3 Å². The van der Waals surface area contributed by atoms with Gasteiger partial charge in [-0.2, -0.15) is 0 Å². The van der Waals surface area contributed by atoms with E-state index in [4.69, 9.17) is 9.20 Å². The number of urea groups is 1. The number of benzene rings is 1. The Kier molecular flexibility index (Phi) is 5.37. The van der Waals surface area contributed by atoms with Crippen molar-refractivity contribution in [3.63, 3.8) is 0 Å². The molecule has 0 bridgehead atoms. The summed E-state index contributed by atoms with van der Waals surface area (Å²) < 4.78 is 42.9. The molecule has 9 heteroatoms. The number of hydrogen-bond donors (Lipinski definition) is 4. The van der Waals surface area contributed by atoms with Crippen LogP contribution >= 0.6 is 0 Å². The number of furan rings is 1. The van der Waals surface area contributed by atoms with Crippen molar-refractivity contribution in [1.82, 2.24) is 4.72 Å². The maximum absolute atomic E-state index is 14.7. The second kappa shape index (κ2) is 7.63. The molecule has 2 aliphatic carbocycles. The molecule has 1 aromatic carbocycles. The van der Waals surface area contributed by atoms with Gasteiger partial charge in [0.05, 0.1) is 11.9 Å². The predicted molar refractivity (Wildman–Crippen MR) is 115 cm³/mol. The maximum Gasteiger partial charge on any atom is 0.332 e. The highest BCUT2D eigenvalue weighted by Gasteiger charge is 2.34. The van der Waals surface area contributed by atoms with Crippen LogP contribution in [0.1, 0.15) is 68.2 Å². The molecular formula is C22H28FN3O4S. The maximum atomic E-state index is 14.7. The molecule has 31 heavy (non-hydrogen) atoms. The zero-order valence-electron chi connectivity index (χ0n) is 17.9. The molecule has 0 aliphatic heterocycles. The third-order valence-electron chi connectivity index (χ3n) is 6.24. The van der Waals surface area contributed by atoms with Crippen molar-refractivity contribution in [1.29, 1.82) is 4.78 Å². The first-order chi connectivity index (χ1) is 14.5. The third kappa shape index (κ3) is 4.34. The molecule has 0 radical (unpaired) electrons. The summed E-state index contributed by atoms with van der Waals surface area (Å²) in [5.74, 6) is 0.321. The number of amides is 2. The molecule has 4 rings (SSSR count). The first kappa shape index (κ1) is 21.8. The van der Waals surface area contributed by atoms with Gasteiger partial charge < -0.3 is 14.8 Å². The third-order valence-corrected chi connectivity index (χ3v) is 7.49. The highest BCUT2D eigenvalue weighted by Crippen LogP contribution is 2.47. The molecule has 4 N–H and O–H groups in total. The lowest BCUT2D eigenvalue weighted by atomic mass is 9.90. The lowest BCUT2D eigenvalue weighted by molar-refractivity contribution is 0.0779. The van der Waals surface area contributed by atoms with Crippen LogP contribution in [0.5, 0.6) is 0 Å². The summed E-state index contributed by atoms with van der Waals surface area (Å²) in [6.07, 6.45) is 5.46. The van der Waals surface area contributed by atoms with Gasteiger partial charge >= 0.3 is 6.03 Å². The van der Waals surface area contributed by atoms with E-state index in [9.17, 15) is 18.5 Å². The van der Waals surface area contributed by atoms with Crippen molar-refractivity contribution in [3.8, 4) is 0 Å². The molecule has 168 valence electrons. The summed E-state index contributed by atoms with van der Waals surface area (Å²) >= 11 is 0. The average Bonchev–Trinajstić information content (AvgIpc) is 3.17. The zero-order chi connectivity index (χ0) is 22.6. The lowest BCUT2D eigenvalue weighted by Crippen LogP contribution is -2.34. The van der Waals surface area contributed by atoms with Crippen LogP contribution < -0.4 is 10.0 Å². The molecule has 7 nitrogen and oxygen atoms in total. The van der Waals surface area contributed by atoms with Gasteiger partial charge in [-0.15, -0.1) is 0 Å². The number of fused-ring (bicyclic) bond motifs is 1. The second-order valence-corrected chi connectivity index (χ2v) is 10.8. The van der Waals surface area contributed by atoms with E-state index in [0.717, 1.165) is 30.4 Å². The summed E-state index contributed by atoms with van der Waals surface area (Å²) in [5.41, 5.74) is 1.84. The number of nitrogens with one attached hydrogen (secondary N) is 3. The molecule has 2 atom stereocenters. The average molecular weight is 450 g/mol. The Morgan fingerprint density at radius 2 is 2.00 bits per heavy atom. The lowest BCUT2D eigenvalue weighted by Gasteiger charge is -2.21. The number of carbonyl (C=O) groups is 1. The van der Waals surface area contributed by atoms with E-state index in [1.807, 2.05) is 6.92 Å². The van der Waals surface area contributed by atoms with Gasteiger partial charge in [-0.25, -0.2) is 22.9 Å². The summed E-state index contributed by atoms with van der Waals surface area (Å²) in [5, 5.41) is 12.5. The zero-order valence-corrected chi connectivity index (χ0v) is 18.7. The molecule has 2 aromatic rings. The fourth-order valence-electron chi connectivity index (χ4n) is 4.22. The molecule has 2 amide bonds. The molecule has 1 saturated carbocycles. The van der Waals surface area contributed by atoms with E-state index in [0.29, 0.717) is 35.6 Å². The number of aliphatic hydroxyl groups is 1. The smallest absolute Gasteiger partial charge is 0.332 e. The summed E-state index contributed by atoms with van der Waals surface area (Å²) in [6.45, 7) is 5.10. The summed E-state index contributed by atoms with van der Waals surface area (Å²) in [6, 6.07) is 2.00. The van der Waals surface area contributed by atoms with Crippen LogP contribution in [-0.2, 0) is 28.4 Å². The molecule has 1 fully saturated rings. The van der Waals surface area contributed by atoms with Crippen LogP contribution in [0, 0.1) is 16.5 Å². The summed E-state index contributed by atoms with van der Waals surface area (Å²) in [7, 11) is -3.79. The van der Waals surface area contributed by atoms with Crippen molar-refractivity contribution in [2.45, 2.75) is 69.5 Å². The monoisotopic (exact) mass is 449 g/mol. The Morgan fingerprint density at radius 1 is 1.32 bits per heavy atom. The Hall–Kier alpha value is -2.39. The van der Waals surface area contributed by atoms with Crippen LogP contribution in [0.2, 0.25) is 0 Å². The van der Waals surface area contributed by atoms with E-state index >= 15 is 0 Å². The van der Waals surface area contributed by atoms with Gasteiger partial charge in [-0.3, -0.25) is 0 Å². The predicted octanol–water partition coefficient (Wildman–Crippen LogP) is 4.79. The topological polar surface area (TPSA) is 115 Å². The number of halogens is 1. The SMILES string of the molecule is C[C@H](c1cc(F)c2c(c1NC(=O)N[S@@](=N)(=O)c1cc(C(C)(C)O)co1)CCC2)C1CC1. The van der Waals surface area contributed by atoms with Gasteiger partial charge in [-0.1, -0.05) is 6.92 Å². The first-order valence-electron chi connectivity index (χ1n) is 10.5. The van der Waals surface area contributed by atoms with Crippen LogP contribution in [0.25, 0.3) is 0 Å².